The van der Waals surface area contributed by atoms with E-state index in [1.807, 2.05) is 24.3 Å². The van der Waals surface area contributed by atoms with Crippen LogP contribution in [0.5, 0.6) is 17.4 Å². The number of rotatable bonds is 9. The van der Waals surface area contributed by atoms with Gasteiger partial charge in [-0.3, -0.25) is 0 Å². The van der Waals surface area contributed by atoms with Crippen LogP contribution in [0.15, 0.2) is 65.6 Å². The van der Waals surface area contributed by atoms with E-state index in [9.17, 15) is 8.42 Å². The lowest BCUT2D eigenvalue weighted by atomic mass is 10.1. The van der Waals surface area contributed by atoms with Crippen LogP contribution in [0.2, 0.25) is 0 Å². The monoisotopic (exact) mass is 415 g/mol. The Balaban J connectivity index is 1.51. The van der Waals surface area contributed by atoms with Crippen molar-refractivity contribution >= 4 is 10.0 Å². The molecule has 0 bridgehead atoms. The molecule has 0 radical (unpaired) electrons. The van der Waals surface area contributed by atoms with Gasteiger partial charge in [-0.1, -0.05) is 0 Å². The number of aromatic nitrogens is 2. The molecule has 9 heteroatoms. The van der Waals surface area contributed by atoms with Gasteiger partial charge in [0.15, 0.2) is 0 Å². The summed E-state index contributed by atoms with van der Waals surface area (Å²) >= 11 is 0. The molecule has 8 nitrogen and oxygen atoms in total. The first-order valence-electron chi connectivity index (χ1n) is 8.76. The van der Waals surface area contributed by atoms with E-state index in [4.69, 9.17) is 14.2 Å². The highest BCUT2D eigenvalue weighted by atomic mass is 32.2. The summed E-state index contributed by atoms with van der Waals surface area (Å²) in [5.74, 6) is 1.66. The summed E-state index contributed by atoms with van der Waals surface area (Å²) in [6, 6.07) is 17.1. The molecule has 29 heavy (non-hydrogen) atoms. The van der Waals surface area contributed by atoms with Crippen LogP contribution >= 0.6 is 0 Å². The van der Waals surface area contributed by atoms with Crippen LogP contribution in [0.1, 0.15) is 0 Å². The van der Waals surface area contributed by atoms with E-state index in [-0.39, 0.29) is 18.0 Å². The quantitative estimate of drug-likeness (QED) is 0.536. The van der Waals surface area contributed by atoms with Gasteiger partial charge < -0.3 is 14.2 Å². The normalized spacial score (nSPS) is 11.1. The second-order valence-electron chi connectivity index (χ2n) is 5.91. The van der Waals surface area contributed by atoms with Gasteiger partial charge in [0.05, 0.1) is 24.8 Å². The van der Waals surface area contributed by atoms with Crippen molar-refractivity contribution in [2.75, 3.05) is 27.4 Å². The number of ether oxygens (including phenoxy) is 3. The van der Waals surface area contributed by atoms with Crippen LogP contribution in [0.3, 0.4) is 0 Å². The van der Waals surface area contributed by atoms with Crippen molar-refractivity contribution in [1.29, 1.82) is 0 Å². The summed E-state index contributed by atoms with van der Waals surface area (Å²) in [5, 5.41) is 8.14. The maximum atomic E-state index is 12.2. The number of nitrogens with one attached hydrogen (secondary N) is 1. The molecule has 0 aliphatic heterocycles. The van der Waals surface area contributed by atoms with E-state index >= 15 is 0 Å². The van der Waals surface area contributed by atoms with Crippen molar-refractivity contribution < 1.29 is 22.6 Å². The zero-order chi connectivity index (χ0) is 20.7. The third-order valence-electron chi connectivity index (χ3n) is 4.04. The lowest BCUT2D eigenvalue weighted by Crippen LogP contribution is -2.28. The zero-order valence-corrected chi connectivity index (χ0v) is 16.8. The standard InChI is InChI=1S/C20H21N3O5S/c1-26-16-5-3-15(4-6-16)19-11-12-20(23-22-19)28-14-13-21-29(24,25)18-9-7-17(27-2)8-10-18/h3-12,21H,13-14H2,1-2H3. The molecule has 152 valence electrons. The van der Waals surface area contributed by atoms with Crippen LogP contribution < -0.4 is 18.9 Å². The smallest absolute Gasteiger partial charge is 0.240 e. The van der Waals surface area contributed by atoms with Crippen molar-refractivity contribution in [2.45, 2.75) is 4.90 Å². The minimum Gasteiger partial charge on any atom is -0.497 e. The predicted octanol–water partition coefficient (Wildman–Crippen LogP) is 2.52. The number of benzene rings is 2. The molecule has 0 fully saturated rings. The van der Waals surface area contributed by atoms with E-state index in [1.165, 1.54) is 19.2 Å². The molecule has 0 unspecified atom stereocenters. The first-order chi connectivity index (χ1) is 14.0. The predicted molar refractivity (Wildman–Crippen MR) is 108 cm³/mol. The van der Waals surface area contributed by atoms with Crippen molar-refractivity contribution in [3.05, 3.63) is 60.7 Å². The molecule has 0 aliphatic carbocycles. The Bertz CT molecular complexity index is 1020. The van der Waals surface area contributed by atoms with E-state index in [2.05, 4.69) is 14.9 Å². The van der Waals surface area contributed by atoms with E-state index in [0.29, 0.717) is 17.3 Å². The van der Waals surface area contributed by atoms with Crippen LogP contribution in [-0.2, 0) is 10.0 Å². The van der Waals surface area contributed by atoms with Crippen molar-refractivity contribution in [2.24, 2.45) is 0 Å². The van der Waals surface area contributed by atoms with Gasteiger partial charge in [0.25, 0.3) is 0 Å². The average molecular weight is 415 g/mol. The molecule has 0 atom stereocenters. The molecule has 3 rings (SSSR count). The van der Waals surface area contributed by atoms with Gasteiger partial charge in [0, 0.05) is 18.2 Å². The van der Waals surface area contributed by atoms with Crippen LogP contribution in [0.4, 0.5) is 0 Å². The molecule has 0 saturated carbocycles. The van der Waals surface area contributed by atoms with Crippen LogP contribution in [-0.4, -0.2) is 46.0 Å². The van der Waals surface area contributed by atoms with Gasteiger partial charge in [-0.2, -0.15) is 0 Å². The molecular weight excluding hydrogens is 394 g/mol. The van der Waals surface area contributed by atoms with Crippen LogP contribution in [0, 0.1) is 0 Å². The summed E-state index contributed by atoms with van der Waals surface area (Å²) in [5.41, 5.74) is 1.59. The maximum Gasteiger partial charge on any atom is 0.240 e. The largest absolute Gasteiger partial charge is 0.497 e. The van der Waals surface area contributed by atoms with E-state index in [0.717, 1.165) is 11.3 Å². The summed E-state index contributed by atoms with van der Waals surface area (Å²) in [6.45, 7) is 0.211. The van der Waals surface area contributed by atoms with Gasteiger partial charge in [-0.15, -0.1) is 10.2 Å². The minimum absolute atomic E-state index is 0.0935. The van der Waals surface area contributed by atoms with Crippen molar-refractivity contribution in [1.82, 2.24) is 14.9 Å². The molecule has 0 spiro atoms. The second kappa shape index (κ2) is 9.35. The summed E-state index contributed by atoms with van der Waals surface area (Å²) in [4.78, 5) is 0.155. The summed E-state index contributed by atoms with van der Waals surface area (Å²) in [6.07, 6.45) is 0. The third kappa shape index (κ3) is 5.43. The fraction of sp³-hybridized carbons (Fsp3) is 0.200. The number of sulfonamides is 1. The molecule has 2 aromatic carbocycles. The fourth-order valence-corrected chi connectivity index (χ4v) is 3.50. The average Bonchev–Trinajstić information content (AvgIpc) is 2.77. The molecule has 1 heterocycles. The molecule has 3 aromatic rings. The topological polar surface area (TPSA) is 99.6 Å². The van der Waals surface area contributed by atoms with Crippen LogP contribution in [0.25, 0.3) is 11.3 Å². The number of nitrogens with zero attached hydrogens (tertiary/aromatic N) is 2. The van der Waals surface area contributed by atoms with E-state index < -0.39 is 10.0 Å². The van der Waals surface area contributed by atoms with Gasteiger partial charge in [0.2, 0.25) is 15.9 Å². The number of methoxy groups -OCH3 is 2. The maximum absolute atomic E-state index is 12.2. The van der Waals surface area contributed by atoms with Gasteiger partial charge >= 0.3 is 0 Å². The third-order valence-corrected chi connectivity index (χ3v) is 5.52. The van der Waals surface area contributed by atoms with Crippen molar-refractivity contribution in [3.63, 3.8) is 0 Å². The molecule has 0 aliphatic rings. The Hall–Kier alpha value is -3.17. The molecule has 1 N–H and O–H groups in total. The fourth-order valence-electron chi connectivity index (χ4n) is 2.48. The molecule has 0 saturated heterocycles. The van der Waals surface area contributed by atoms with Gasteiger partial charge in [-0.25, -0.2) is 13.1 Å². The lowest BCUT2D eigenvalue weighted by molar-refractivity contribution is 0.307. The summed E-state index contributed by atoms with van der Waals surface area (Å²) < 4.78 is 42.6. The van der Waals surface area contributed by atoms with E-state index in [1.54, 1.807) is 31.4 Å². The Morgan fingerprint density at radius 3 is 2.00 bits per heavy atom. The van der Waals surface area contributed by atoms with Gasteiger partial charge in [-0.05, 0) is 54.6 Å². The molecule has 0 amide bonds. The Kier molecular flexibility index (Phi) is 6.63. The highest BCUT2D eigenvalue weighted by Crippen LogP contribution is 2.21. The first-order valence-corrected chi connectivity index (χ1v) is 10.2. The molecule has 1 aromatic heterocycles. The zero-order valence-electron chi connectivity index (χ0n) is 16.0. The second-order valence-corrected chi connectivity index (χ2v) is 7.67. The highest BCUT2D eigenvalue weighted by molar-refractivity contribution is 7.89. The Labute approximate surface area is 169 Å². The Morgan fingerprint density at radius 2 is 1.45 bits per heavy atom. The highest BCUT2D eigenvalue weighted by Gasteiger charge is 2.13. The lowest BCUT2D eigenvalue weighted by Gasteiger charge is -2.09. The summed E-state index contributed by atoms with van der Waals surface area (Å²) in [7, 11) is -0.492. The SMILES string of the molecule is COc1ccc(-c2ccc(OCCNS(=O)(=O)c3ccc(OC)cc3)nn2)cc1. The first kappa shape index (κ1) is 20.6. The molecular formula is C20H21N3O5S. The number of hydrogen-bond acceptors (Lipinski definition) is 7. The van der Waals surface area contributed by atoms with Crippen molar-refractivity contribution in [3.8, 4) is 28.6 Å². The Morgan fingerprint density at radius 1 is 0.828 bits per heavy atom. The number of hydrogen-bond donors (Lipinski definition) is 1. The van der Waals surface area contributed by atoms with Gasteiger partial charge in [0.1, 0.15) is 18.1 Å². The minimum atomic E-state index is -3.62.